The molecule has 5 nitrogen and oxygen atoms in total. The number of nitrogens with zero attached hydrogens (tertiary/aromatic N) is 1. The average Bonchev–Trinajstić information content (AvgIpc) is 3.01. The fraction of sp³-hybridized carbons (Fsp3) is 0.375. The van der Waals surface area contributed by atoms with E-state index in [1.165, 1.54) is 6.26 Å². The number of carbonyl (C=O) groups is 1. The summed E-state index contributed by atoms with van der Waals surface area (Å²) in [6, 6.07) is 9.51. The smallest absolute Gasteiger partial charge is 0.235 e. The molecular weight excluding hydrogens is 300 g/mol. The number of carbonyl (C=O) groups excluding carboxylic acids is 1. The summed E-state index contributed by atoms with van der Waals surface area (Å²) in [5.41, 5.74) is 1.46. The maximum Gasteiger partial charge on any atom is 0.235 e. The van der Waals surface area contributed by atoms with E-state index in [1.54, 1.807) is 6.92 Å². The Labute approximate surface area is 132 Å². The van der Waals surface area contributed by atoms with Crippen LogP contribution < -0.4 is 5.32 Å². The topological polar surface area (TPSA) is 72.2 Å². The normalized spacial score (nSPS) is 13.5. The van der Waals surface area contributed by atoms with Crippen molar-refractivity contribution in [2.24, 2.45) is 0 Å². The van der Waals surface area contributed by atoms with E-state index in [1.807, 2.05) is 37.3 Å². The molecule has 0 aliphatic rings. The number of rotatable bonds is 7. The molecule has 2 unspecified atom stereocenters. The summed E-state index contributed by atoms with van der Waals surface area (Å²) in [5.74, 6) is 0.513. The zero-order valence-electron chi connectivity index (χ0n) is 12.7. The van der Waals surface area contributed by atoms with Crippen molar-refractivity contribution in [3.8, 4) is 11.5 Å². The van der Waals surface area contributed by atoms with Crippen molar-refractivity contribution in [2.45, 2.75) is 31.3 Å². The molecule has 1 aromatic carbocycles. The number of oxazole rings is 1. The average molecular weight is 320 g/mol. The van der Waals surface area contributed by atoms with Gasteiger partial charge in [-0.3, -0.25) is 9.00 Å². The minimum absolute atomic E-state index is 0.188. The van der Waals surface area contributed by atoms with Crippen LogP contribution in [0.5, 0.6) is 0 Å². The Hall–Kier alpha value is -1.95. The minimum atomic E-state index is -1.33. The van der Waals surface area contributed by atoms with Gasteiger partial charge in [-0.1, -0.05) is 25.1 Å². The Bertz CT molecular complexity index is 640. The zero-order valence-corrected chi connectivity index (χ0v) is 13.6. The van der Waals surface area contributed by atoms with E-state index < -0.39 is 16.0 Å². The van der Waals surface area contributed by atoms with Crippen molar-refractivity contribution < 1.29 is 13.4 Å². The van der Waals surface area contributed by atoms with E-state index in [0.29, 0.717) is 18.1 Å². The van der Waals surface area contributed by atoms with Crippen LogP contribution in [0.1, 0.15) is 26.0 Å². The lowest BCUT2D eigenvalue weighted by Crippen LogP contribution is -2.36. The van der Waals surface area contributed by atoms with Crippen LogP contribution in [0.4, 0.5) is 0 Å². The molecular formula is C16H20N2O3S. The van der Waals surface area contributed by atoms with Crippen molar-refractivity contribution >= 4 is 16.7 Å². The van der Waals surface area contributed by atoms with Crippen molar-refractivity contribution in [1.29, 1.82) is 0 Å². The summed E-state index contributed by atoms with van der Waals surface area (Å²) >= 11 is 0. The summed E-state index contributed by atoms with van der Waals surface area (Å²) < 4.78 is 17.6. The molecule has 1 amide bonds. The maximum atomic E-state index is 12.2. The third kappa shape index (κ3) is 4.27. The molecule has 0 aliphatic carbocycles. The Balaban J connectivity index is 1.98. The summed E-state index contributed by atoms with van der Waals surface area (Å²) in [5, 5.41) is 2.19. The Kier molecular flexibility index (Phi) is 5.89. The molecule has 1 N–H and O–H groups in total. The highest BCUT2D eigenvalue weighted by Crippen LogP contribution is 2.19. The van der Waals surface area contributed by atoms with Crippen LogP contribution in [0.3, 0.4) is 0 Å². The number of nitrogens with one attached hydrogen (secondary N) is 1. The first-order valence-corrected chi connectivity index (χ1v) is 8.64. The van der Waals surface area contributed by atoms with Gasteiger partial charge in [0.15, 0.2) is 0 Å². The van der Waals surface area contributed by atoms with Crippen molar-refractivity contribution in [3.05, 3.63) is 42.3 Å². The van der Waals surface area contributed by atoms with Crippen molar-refractivity contribution in [1.82, 2.24) is 10.3 Å². The number of amides is 1. The number of hydrogen-bond donors (Lipinski definition) is 1. The lowest BCUT2D eigenvalue weighted by molar-refractivity contribution is -0.120. The van der Waals surface area contributed by atoms with Gasteiger partial charge in [0, 0.05) is 22.9 Å². The van der Waals surface area contributed by atoms with Gasteiger partial charge in [0.2, 0.25) is 11.8 Å². The van der Waals surface area contributed by atoms with E-state index in [-0.39, 0.29) is 11.7 Å². The third-order valence-corrected chi connectivity index (χ3v) is 4.76. The highest BCUT2D eigenvalue weighted by Gasteiger charge is 2.21. The van der Waals surface area contributed by atoms with Gasteiger partial charge in [-0.15, -0.1) is 0 Å². The molecule has 22 heavy (non-hydrogen) atoms. The predicted octanol–water partition coefficient (Wildman–Crippen LogP) is 2.51. The van der Waals surface area contributed by atoms with Crippen LogP contribution in [0.2, 0.25) is 0 Å². The fourth-order valence-corrected chi connectivity index (χ4v) is 2.86. The Morgan fingerprint density at radius 3 is 2.77 bits per heavy atom. The van der Waals surface area contributed by atoms with Gasteiger partial charge in [0.25, 0.3) is 0 Å². The van der Waals surface area contributed by atoms with Gasteiger partial charge in [-0.05, 0) is 25.5 Å². The summed E-state index contributed by atoms with van der Waals surface area (Å²) in [6.45, 7) is 4.24. The molecule has 0 fully saturated rings. The minimum Gasteiger partial charge on any atom is -0.444 e. The summed E-state index contributed by atoms with van der Waals surface area (Å²) in [4.78, 5) is 16.1. The zero-order chi connectivity index (χ0) is 15.9. The van der Waals surface area contributed by atoms with Crippen LogP contribution in [0.15, 0.2) is 41.0 Å². The molecule has 0 radical (unpaired) electrons. The first-order chi connectivity index (χ1) is 10.6. The second kappa shape index (κ2) is 7.89. The Morgan fingerprint density at radius 2 is 2.09 bits per heavy atom. The lowest BCUT2D eigenvalue weighted by atomic mass is 10.2. The number of hydrogen-bond acceptors (Lipinski definition) is 4. The molecule has 1 heterocycles. The molecule has 6 heteroatoms. The number of aromatic nitrogens is 1. The van der Waals surface area contributed by atoms with Crippen LogP contribution in [0, 0.1) is 0 Å². The molecule has 0 aliphatic heterocycles. The van der Waals surface area contributed by atoms with E-state index in [9.17, 15) is 9.00 Å². The van der Waals surface area contributed by atoms with Crippen molar-refractivity contribution in [2.75, 3.05) is 6.54 Å². The van der Waals surface area contributed by atoms with Crippen LogP contribution >= 0.6 is 0 Å². The SMILES string of the molecule is CCCNC(=O)C(C)S(=O)Cc1coc(-c2ccccc2)n1. The van der Waals surface area contributed by atoms with Crippen LogP contribution in [-0.4, -0.2) is 26.9 Å². The highest BCUT2D eigenvalue weighted by atomic mass is 32.2. The summed E-state index contributed by atoms with van der Waals surface area (Å²) in [7, 11) is -1.33. The Morgan fingerprint density at radius 1 is 1.36 bits per heavy atom. The predicted molar refractivity (Wildman–Crippen MR) is 86.5 cm³/mol. The van der Waals surface area contributed by atoms with Gasteiger partial charge in [-0.25, -0.2) is 4.98 Å². The molecule has 118 valence electrons. The highest BCUT2D eigenvalue weighted by molar-refractivity contribution is 7.85. The molecule has 0 saturated carbocycles. The standard InChI is InChI=1S/C16H20N2O3S/c1-3-9-17-15(19)12(2)22(20)11-14-10-21-16(18-14)13-7-5-4-6-8-13/h4-8,10,12H,3,9,11H2,1-2H3,(H,17,19). The van der Waals surface area contributed by atoms with Gasteiger partial charge in [0.1, 0.15) is 11.5 Å². The first kappa shape index (κ1) is 16.4. The molecule has 2 rings (SSSR count). The third-order valence-electron chi connectivity index (χ3n) is 3.18. The molecule has 2 atom stereocenters. The fourth-order valence-electron chi connectivity index (χ4n) is 1.87. The molecule has 0 bridgehead atoms. The molecule has 2 aromatic rings. The first-order valence-electron chi connectivity index (χ1n) is 7.26. The van der Waals surface area contributed by atoms with E-state index >= 15 is 0 Å². The van der Waals surface area contributed by atoms with Crippen LogP contribution in [0.25, 0.3) is 11.5 Å². The van der Waals surface area contributed by atoms with Crippen LogP contribution in [-0.2, 0) is 21.3 Å². The van der Waals surface area contributed by atoms with E-state index in [4.69, 9.17) is 4.42 Å². The van der Waals surface area contributed by atoms with Gasteiger partial charge in [-0.2, -0.15) is 0 Å². The van der Waals surface area contributed by atoms with Crippen molar-refractivity contribution in [3.63, 3.8) is 0 Å². The lowest BCUT2D eigenvalue weighted by Gasteiger charge is -2.10. The van der Waals surface area contributed by atoms with Gasteiger partial charge >= 0.3 is 0 Å². The number of benzene rings is 1. The molecule has 1 aromatic heterocycles. The second-order valence-corrected chi connectivity index (χ2v) is 6.73. The van der Waals surface area contributed by atoms with Gasteiger partial charge in [0.05, 0.1) is 11.4 Å². The maximum absolute atomic E-state index is 12.2. The monoisotopic (exact) mass is 320 g/mol. The quantitative estimate of drug-likeness (QED) is 0.851. The van der Waals surface area contributed by atoms with E-state index in [2.05, 4.69) is 10.3 Å². The van der Waals surface area contributed by atoms with E-state index in [0.717, 1.165) is 12.0 Å². The largest absolute Gasteiger partial charge is 0.444 e. The summed E-state index contributed by atoms with van der Waals surface area (Å²) in [6.07, 6.45) is 2.35. The molecule has 0 saturated heterocycles. The molecule has 0 spiro atoms. The van der Waals surface area contributed by atoms with Gasteiger partial charge < -0.3 is 9.73 Å². The second-order valence-electron chi connectivity index (χ2n) is 4.97.